The van der Waals surface area contributed by atoms with E-state index in [1.807, 2.05) is 6.07 Å². The number of aryl methyl sites for hydroxylation is 1. The Morgan fingerprint density at radius 3 is 3.00 bits per heavy atom. The predicted molar refractivity (Wildman–Crippen MR) is 78.2 cm³/mol. The number of nitrogens with zero attached hydrogens (tertiary/aromatic N) is 2. The highest BCUT2D eigenvalue weighted by atomic mass is 35.5. The second-order valence-electron chi connectivity index (χ2n) is 4.41. The van der Waals surface area contributed by atoms with Gasteiger partial charge >= 0.3 is 0 Å². The number of methoxy groups -OCH3 is 1. The van der Waals surface area contributed by atoms with Gasteiger partial charge in [-0.05, 0) is 24.6 Å². The molecular formula is C14H18ClN3O2. The highest BCUT2D eigenvalue weighted by Crippen LogP contribution is 2.27. The van der Waals surface area contributed by atoms with Crippen LogP contribution < -0.4 is 10.1 Å². The average Bonchev–Trinajstić information content (AvgIpc) is 2.91. The second-order valence-corrected chi connectivity index (χ2v) is 4.84. The summed E-state index contributed by atoms with van der Waals surface area (Å²) >= 11 is 5.97. The molecule has 1 N–H and O–H groups in total. The summed E-state index contributed by atoms with van der Waals surface area (Å²) in [7, 11) is 1.62. The first kappa shape index (κ1) is 14.7. The Bertz CT molecular complexity index is 557. The van der Waals surface area contributed by atoms with Crippen molar-refractivity contribution >= 4 is 17.3 Å². The van der Waals surface area contributed by atoms with Crippen LogP contribution in [0.25, 0.3) is 0 Å². The summed E-state index contributed by atoms with van der Waals surface area (Å²) < 4.78 is 10.4. The fourth-order valence-corrected chi connectivity index (χ4v) is 1.96. The minimum atomic E-state index is 0.440. The molecule has 0 unspecified atom stereocenters. The molecule has 0 aliphatic carbocycles. The number of unbranched alkanes of at least 4 members (excludes halogenated alkanes) is 1. The van der Waals surface area contributed by atoms with Gasteiger partial charge in [-0.3, -0.25) is 0 Å². The standard InChI is InChI=1S/C14H18ClN3O2/c1-3-4-5-13-17-14(20-18-13)9-16-11-8-10(15)6-7-12(11)19-2/h6-8,16H,3-5,9H2,1-2H3. The van der Waals surface area contributed by atoms with Crippen molar-refractivity contribution in [1.29, 1.82) is 0 Å². The molecule has 20 heavy (non-hydrogen) atoms. The first-order valence-corrected chi connectivity index (χ1v) is 6.99. The smallest absolute Gasteiger partial charge is 0.245 e. The summed E-state index contributed by atoms with van der Waals surface area (Å²) in [6, 6.07) is 5.39. The molecule has 0 aliphatic rings. The number of rotatable bonds is 7. The van der Waals surface area contributed by atoms with Crippen LogP contribution in [0.5, 0.6) is 5.75 Å². The quantitative estimate of drug-likeness (QED) is 0.844. The zero-order valence-electron chi connectivity index (χ0n) is 11.6. The van der Waals surface area contributed by atoms with Crippen LogP contribution in [0.3, 0.4) is 0 Å². The largest absolute Gasteiger partial charge is 0.495 e. The van der Waals surface area contributed by atoms with E-state index in [1.54, 1.807) is 19.2 Å². The van der Waals surface area contributed by atoms with Gasteiger partial charge < -0.3 is 14.6 Å². The molecule has 0 atom stereocenters. The van der Waals surface area contributed by atoms with Crippen molar-refractivity contribution in [3.05, 3.63) is 34.9 Å². The molecule has 0 saturated heterocycles. The molecule has 0 fully saturated rings. The Balaban J connectivity index is 1.98. The third-order valence-electron chi connectivity index (χ3n) is 2.86. The van der Waals surface area contributed by atoms with Gasteiger partial charge in [0, 0.05) is 11.4 Å². The summed E-state index contributed by atoms with van der Waals surface area (Å²) in [5, 5.41) is 7.77. The van der Waals surface area contributed by atoms with Gasteiger partial charge in [0.25, 0.3) is 0 Å². The molecule has 0 aliphatic heterocycles. The topological polar surface area (TPSA) is 60.2 Å². The third kappa shape index (κ3) is 3.87. The van der Waals surface area contributed by atoms with Crippen LogP contribution in [-0.4, -0.2) is 17.3 Å². The number of hydrogen-bond acceptors (Lipinski definition) is 5. The SMILES string of the molecule is CCCCc1noc(CNc2cc(Cl)ccc2OC)n1. The van der Waals surface area contributed by atoms with E-state index >= 15 is 0 Å². The molecule has 1 aromatic heterocycles. The van der Waals surface area contributed by atoms with Gasteiger partial charge in [0.15, 0.2) is 5.82 Å². The summed E-state index contributed by atoms with van der Waals surface area (Å²) in [5.74, 6) is 2.03. The molecule has 0 radical (unpaired) electrons. The molecule has 0 saturated carbocycles. The maximum Gasteiger partial charge on any atom is 0.245 e. The van der Waals surface area contributed by atoms with Gasteiger partial charge in [-0.25, -0.2) is 0 Å². The van der Waals surface area contributed by atoms with Crippen LogP contribution >= 0.6 is 11.6 Å². The minimum Gasteiger partial charge on any atom is -0.495 e. The van der Waals surface area contributed by atoms with Crippen LogP contribution in [0.1, 0.15) is 31.5 Å². The zero-order chi connectivity index (χ0) is 14.4. The van der Waals surface area contributed by atoms with Crippen molar-refractivity contribution in [2.75, 3.05) is 12.4 Å². The third-order valence-corrected chi connectivity index (χ3v) is 3.09. The summed E-state index contributed by atoms with van der Waals surface area (Å²) in [4.78, 5) is 4.33. The predicted octanol–water partition coefficient (Wildman–Crippen LogP) is 3.69. The van der Waals surface area contributed by atoms with Crippen LogP contribution in [0.2, 0.25) is 5.02 Å². The van der Waals surface area contributed by atoms with E-state index in [-0.39, 0.29) is 0 Å². The molecule has 0 bridgehead atoms. The Morgan fingerprint density at radius 2 is 2.25 bits per heavy atom. The van der Waals surface area contributed by atoms with Gasteiger partial charge in [0.2, 0.25) is 5.89 Å². The van der Waals surface area contributed by atoms with Crippen molar-refractivity contribution < 1.29 is 9.26 Å². The van der Waals surface area contributed by atoms with Gasteiger partial charge in [0.1, 0.15) is 5.75 Å². The lowest BCUT2D eigenvalue weighted by Crippen LogP contribution is -2.02. The summed E-state index contributed by atoms with van der Waals surface area (Å²) in [6.07, 6.45) is 3.02. The molecule has 0 amide bonds. The zero-order valence-corrected chi connectivity index (χ0v) is 12.4. The highest BCUT2D eigenvalue weighted by molar-refractivity contribution is 6.30. The minimum absolute atomic E-state index is 0.440. The Morgan fingerprint density at radius 1 is 1.40 bits per heavy atom. The monoisotopic (exact) mass is 295 g/mol. The molecule has 0 spiro atoms. The summed E-state index contributed by atoms with van der Waals surface area (Å²) in [5.41, 5.74) is 0.799. The van der Waals surface area contributed by atoms with Gasteiger partial charge in [-0.1, -0.05) is 30.1 Å². The second kappa shape index (κ2) is 7.14. The number of nitrogens with one attached hydrogen (secondary N) is 1. The number of hydrogen-bond donors (Lipinski definition) is 1. The van der Waals surface area contributed by atoms with E-state index in [4.69, 9.17) is 20.9 Å². The van der Waals surface area contributed by atoms with E-state index in [1.165, 1.54) is 0 Å². The molecule has 108 valence electrons. The Kier molecular flexibility index (Phi) is 5.24. The molecule has 2 rings (SSSR count). The molecular weight excluding hydrogens is 278 g/mol. The van der Waals surface area contributed by atoms with Gasteiger partial charge in [-0.15, -0.1) is 0 Å². The van der Waals surface area contributed by atoms with Crippen LogP contribution in [-0.2, 0) is 13.0 Å². The average molecular weight is 296 g/mol. The van der Waals surface area contributed by atoms with E-state index < -0.39 is 0 Å². The number of anilines is 1. The number of halogens is 1. The van der Waals surface area contributed by atoms with Crippen LogP contribution in [0, 0.1) is 0 Å². The fraction of sp³-hybridized carbons (Fsp3) is 0.429. The lowest BCUT2D eigenvalue weighted by Gasteiger charge is -2.09. The first-order valence-electron chi connectivity index (χ1n) is 6.61. The van der Waals surface area contributed by atoms with Gasteiger partial charge in [-0.2, -0.15) is 4.98 Å². The van der Waals surface area contributed by atoms with E-state index in [0.717, 1.165) is 36.5 Å². The fourth-order valence-electron chi connectivity index (χ4n) is 1.79. The lowest BCUT2D eigenvalue weighted by atomic mass is 10.2. The molecule has 6 heteroatoms. The van der Waals surface area contributed by atoms with Crippen LogP contribution in [0.4, 0.5) is 5.69 Å². The molecule has 1 aromatic carbocycles. The maximum absolute atomic E-state index is 5.97. The molecule has 5 nitrogen and oxygen atoms in total. The molecule has 1 heterocycles. The number of ether oxygens (including phenoxy) is 1. The van der Waals surface area contributed by atoms with E-state index in [9.17, 15) is 0 Å². The van der Waals surface area contributed by atoms with Crippen molar-refractivity contribution in [3.8, 4) is 5.75 Å². The summed E-state index contributed by atoms with van der Waals surface area (Å²) in [6.45, 7) is 2.57. The van der Waals surface area contributed by atoms with Crippen molar-refractivity contribution in [1.82, 2.24) is 10.1 Å². The van der Waals surface area contributed by atoms with Crippen molar-refractivity contribution in [2.45, 2.75) is 32.7 Å². The van der Waals surface area contributed by atoms with Crippen molar-refractivity contribution in [3.63, 3.8) is 0 Å². The maximum atomic E-state index is 5.97. The number of aromatic nitrogens is 2. The Hall–Kier alpha value is -1.75. The van der Waals surface area contributed by atoms with E-state index in [2.05, 4.69) is 22.4 Å². The Labute approximate surface area is 123 Å². The van der Waals surface area contributed by atoms with Crippen molar-refractivity contribution in [2.24, 2.45) is 0 Å². The van der Waals surface area contributed by atoms with E-state index in [0.29, 0.717) is 17.5 Å². The van der Waals surface area contributed by atoms with Gasteiger partial charge in [0.05, 0.1) is 19.3 Å². The van der Waals surface area contributed by atoms with Crippen LogP contribution in [0.15, 0.2) is 22.7 Å². The first-order chi connectivity index (χ1) is 9.72. The lowest BCUT2D eigenvalue weighted by molar-refractivity contribution is 0.376. The number of benzene rings is 1. The molecule has 2 aromatic rings. The highest BCUT2D eigenvalue weighted by Gasteiger charge is 2.08. The normalized spacial score (nSPS) is 10.6.